The van der Waals surface area contributed by atoms with Gasteiger partial charge in [0, 0.05) is 24.1 Å². The number of ether oxygens (including phenoxy) is 1. The van der Waals surface area contributed by atoms with E-state index in [4.69, 9.17) is 4.74 Å². The molecule has 3 rings (SSSR count). The van der Waals surface area contributed by atoms with Gasteiger partial charge in [0.05, 0.1) is 0 Å². The third-order valence-corrected chi connectivity index (χ3v) is 4.50. The lowest BCUT2D eigenvalue weighted by Gasteiger charge is -2.31. The van der Waals surface area contributed by atoms with Gasteiger partial charge in [-0.2, -0.15) is 0 Å². The Bertz CT molecular complexity index is 650. The van der Waals surface area contributed by atoms with E-state index in [1.807, 2.05) is 20.8 Å². The molecule has 2 unspecified atom stereocenters. The third kappa shape index (κ3) is 3.09. The van der Waals surface area contributed by atoms with Crippen LogP contribution in [0, 0.1) is 11.7 Å². The lowest BCUT2D eigenvalue weighted by molar-refractivity contribution is 0.0185. The van der Waals surface area contributed by atoms with Crippen molar-refractivity contribution in [1.29, 1.82) is 0 Å². The van der Waals surface area contributed by atoms with Crippen LogP contribution in [0.2, 0.25) is 0 Å². The number of halogens is 1. The van der Waals surface area contributed by atoms with E-state index in [1.54, 1.807) is 11.0 Å². The van der Waals surface area contributed by atoms with Crippen molar-refractivity contribution in [1.82, 2.24) is 4.90 Å². The molecule has 0 bridgehead atoms. The van der Waals surface area contributed by atoms with Crippen molar-refractivity contribution in [3.05, 3.63) is 35.1 Å². The molecule has 0 saturated carbocycles. The molecule has 0 N–H and O–H groups in total. The number of nitrogens with zero attached hydrogens (tertiary/aromatic N) is 1. The van der Waals surface area contributed by atoms with Crippen molar-refractivity contribution in [3.8, 4) is 0 Å². The number of carbonyl (C=O) groups excluding carboxylic acids is 2. The van der Waals surface area contributed by atoms with E-state index in [0.717, 1.165) is 18.4 Å². The Labute approximate surface area is 135 Å². The number of benzene rings is 1. The molecule has 1 fully saturated rings. The van der Waals surface area contributed by atoms with E-state index in [9.17, 15) is 14.0 Å². The van der Waals surface area contributed by atoms with E-state index in [0.29, 0.717) is 18.5 Å². The Hall–Kier alpha value is -1.91. The molecule has 23 heavy (non-hydrogen) atoms. The summed E-state index contributed by atoms with van der Waals surface area (Å²) in [4.78, 5) is 26.7. The fraction of sp³-hybridized carbons (Fsp3) is 0.556. The largest absolute Gasteiger partial charge is 0.444 e. The number of hydrogen-bond donors (Lipinski definition) is 0. The molecule has 0 radical (unpaired) electrons. The molecular weight excluding hydrogens is 297 g/mol. The Morgan fingerprint density at radius 3 is 2.78 bits per heavy atom. The highest BCUT2D eigenvalue weighted by Crippen LogP contribution is 2.36. The fourth-order valence-corrected chi connectivity index (χ4v) is 3.57. The molecule has 4 nitrogen and oxygen atoms in total. The molecule has 1 aromatic carbocycles. The highest BCUT2D eigenvalue weighted by molar-refractivity contribution is 6.02. The monoisotopic (exact) mass is 319 g/mol. The van der Waals surface area contributed by atoms with Crippen molar-refractivity contribution in [2.24, 2.45) is 5.92 Å². The lowest BCUT2D eigenvalue weighted by Crippen LogP contribution is -2.44. The molecule has 5 heteroatoms. The highest BCUT2D eigenvalue weighted by atomic mass is 19.1. The van der Waals surface area contributed by atoms with Crippen LogP contribution in [0.4, 0.5) is 9.18 Å². The number of ketones is 1. The molecule has 0 aromatic heterocycles. The minimum atomic E-state index is -0.560. The van der Waals surface area contributed by atoms with Crippen molar-refractivity contribution < 1.29 is 18.7 Å². The minimum Gasteiger partial charge on any atom is -0.444 e. The fourth-order valence-electron chi connectivity index (χ4n) is 3.57. The van der Waals surface area contributed by atoms with Gasteiger partial charge in [0.25, 0.3) is 0 Å². The lowest BCUT2D eigenvalue weighted by atomic mass is 9.93. The first-order valence-electron chi connectivity index (χ1n) is 8.08. The van der Waals surface area contributed by atoms with Crippen molar-refractivity contribution in [2.75, 3.05) is 6.54 Å². The molecule has 2 aliphatic rings. The molecule has 1 aromatic rings. The van der Waals surface area contributed by atoms with Crippen LogP contribution < -0.4 is 0 Å². The van der Waals surface area contributed by atoms with Gasteiger partial charge in [-0.05, 0) is 63.8 Å². The number of fused-ring (bicyclic) bond motifs is 1. The SMILES string of the molecule is CC(C)(C)OC(=O)N1CCCC1C1Cc2cc(F)ccc2C1=O. The molecule has 1 heterocycles. The number of Topliss-reactive ketones (excluding diaryl/α,β-unsaturated/α-hetero) is 1. The molecule has 124 valence electrons. The number of rotatable bonds is 1. The first-order valence-corrected chi connectivity index (χ1v) is 8.08. The molecule has 1 aliphatic heterocycles. The minimum absolute atomic E-state index is 0.0143. The van der Waals surface area contributed by atoms with Crippen LogP contribution >= 0.6 is 0 Å². The maximum absolute atomic E-state index is 13.4. The van der Waals surface area contributed by atoms with Gasteiger partial charge in [0.1, 0.15) is 11.4 Å². The molecule has 1 aliphatic carbocycles. The van der Waals surface area contributed by atoms with Crippen LogP contribution in [0.1, 0.15) is 49.5 Å². The standard InChI is InChI=1S/C18H22FNO3/c1-18(2,3)23-17(22)20-8-4-5-15(20)14-10-11-9-12(19)6-7-13(11)16(14)21/h6-7,9,14-15H,4-5,8,10H2,1-3H3. The van der Waals surface area contributed by atoms with Gasteiger partial charge in [-0.3, -0.25) is 4.79 Å². The van der Waals surface area contributed by atoms with Crippen molar-refractivity contribution >= 4 is 11.9 Å². The highest BCUT2D eigenvalue weighted by Gasteiger charge is 2.43. The van der Waals surface area contributed by atoms with Crippen molar-refractivity contribution in [2.45, 2.75) is 51.7 Å². The normalized spacial score (nSPS) is 24.0. The number of hydrogen-bond acceptors (Lipinski definition) is 3. The number of likely N-dealkylation sites (tertiary alicyclic amines) is 1. The quantitative estimate of drug-likeness (QED) is 0.795. The summed E-state index contributed by atoms with van der Waals surface area (Å²) in [5.41, 5.74) is 0.777. The Kier molecular flexibility index (Phi) is 3.90. The Morgan fingerprint density at radius 1 is 1.35 bits per heavy atom. The van der Waals surface area contributed by atoms with E-state index < -0.39 is 5.60 Å². The first kappa shape index (κ1) is 16.0. The average molecular weight is 319 g/mol. The van der Waals surface area contributed by atoms with Crippen LogP contribution in [0.3, 0.4) is 0 Å². The van der Waals surface area contributed by atoms with Gasteiger partial charge in [-0.15, -0.1) is 0 Å². The zero-order valence-electron chi connectivity index (χ0n) is 13.8. The van der Waals surface area contributed by atoms with Crippen LogP contribution in [0.15, 0.2) is 18.2 Å². The topological polar surface area (TPSA) is 46.6 Å². The van der Waals surface area contributed by atoms with Gasteiger partial charge in [0.15, 0.2) is 5.78 Å². The Morgan fingerprint density at radius 2 is 2.09 bits per heavy atom. The average Bonchev–Trinajstić information content (AvgIpc) is 3.01. The van der Waals surface area contributed by atoms with Crippen LogP contribution in [-0.4, -0.2) is 35.0 Å². The second-order valence-electron chi connectivity index (χ2n) is 7.36. The summed E-state index contributed by atoms with van der Waals surface area (Å²) in [7, 11) is 0. The maximum atomic E-state index is 13.4. The molecule has 0 spiro atoms. The molecule has 1 saturated heterocycles. The van der Waals surface area contributed by atoms with Gasteiger partial charge in [-0.25, -0.2) is 9.18 Å². The predicted octanol–water partition coefficient (Wildman–Crippen LogP) is 3.58. The summed E-state index contributed by atoms with van der Waals surface area (Å²) in [5.74, 6) is -0.602. The zero-order valence-corrected chi connectivity index (χ0v) is 13.8. The van der Waals surface area contributed by atoms with Gasteiger partial charge in [0.2, 0.25) is 0 Å². The first-order chi connectivity index (χ1) is 10.8. The maximum Gasteiger partial charge on any atom is 0.410 e. The van der Waals surface area contributed by atoms with Crippen LogP contribution in [0.25, 0.3) is 0 Å². The smallest absolute Gasteiger partial charge is 0.410 e. The summed E-state index contributed by atoms with van der Waals surface area (Å²) in [6.45, 7) is 6.09. The molecule has 2 atom stereocenters. The van der Waals surface area contributed by atoms with E-state index in [-0.39, 0.29) is 29.7 Å². The van der Waals surface area contributed by atoms with E-state index in [2.05, 4.69) is 0 Å². The summed E-state index contributed by atoms with van der Waals surface area (Å²) in [6, 6.07) is 4.15. The van der Waals surface area contributed by atoms with Crippen molar-refractivity contribution in [3.63, 3.8) is 0 Å². The molecular formula is C18H22FNO3. The second kappa shape index (κ2) is 5.62. The van der Waals surface area contributed by atoms with Gasteiger partial charge in [-0.1, -0.05) is 0 Å². The zero-order chi connectivity index (χ0) is 16.8. The summed E-state index contributed by atoms with van der Waals surface area (Å²) >= 11 is 0. The van der Waals surface area contributed by atoms with E-state index in [1.165, 1.54) is 12.1 Å². The van der Waals surface area contributed by atoms with Crippen LogP contribution in [0.5, 0.6) is 0 Å². The van der Waals surface area contributed by atoms with Crippen LogP contribution in [-0.2, 0) is 11.2 Å². The van der Waals surface area contributed by atoms with E-state index >= 15 is 0 Å². The van der Waals surface area contributed by atoms with Gasteiger partial charge >= 0.3 is 6.09 Å². The summed E-state index contributed by atoms with van der Waals surface area (Å²) in [6.07, 6.45) is 1.77. The molecule has 1 amide bonds. The third-order valence-electron chi connectivity index (χ3n) is 4.50. The predicted molar refractivity (Wildman–Crippen MR) is 83.9 cm³/mol. The van der Waals surface area contributed by atoms with Gasteiger partial charge < -0.3 is 9.64 Å². The summed E-state index contributed by atoms with van der Waals surface area (Å²) < 4.78 is 18.8. The second-order valence-corrected chi connectivity index (χ2v) is 7.36. The number of amides is 1. The summed E-state index contributed by atoms with van der Waals surface area (Å²) in [5, 5.41) is 0. The number of carbonyl (C=O) groups is 2. The Balaban J connectivity index is 1.79.